The van der Waals surface area contributed by atoms with Crippen LogP contribution in [0.4, 0.5) is 0 Å². The Balaban J connectivity index is 1.61. The number of benzene rings is 1. The Bertz CT molecular complexity index is 652. The van der Waals surface area contributed by atoms with E-state index in [0.29, 0.717) is 16.7 Å². The number of fused-ring (bicyclic) bond motifs is 3. The fourth-order valence-electron chi connectivity index (χ4n) is 6.39. The normalized spacial score (nSPS) is 29.0. The third-order valence-corrected chi connectivity index (χ3v) is 8.13. The van der Waals surface area contributed by atoms with Gasteiger partial charge in [0.05, 0.1) is 0 Å². The number of aryl methyl sites for hydroxylation is 1. The highest BCUT2D eigenvalue weighted by atomic mass is 14.9. The summed E-state index contributed by atoms with van der Waals surface area (Å²) in [7, 11) is 0. The van der Waals surface area contributed by atoms with Crippen molar-refractivity contribution in [3.8, 4) is 0 Å². The zero-order valence-corrected chi connectivity index (χ0v) is 19.9. The van der Waals surface area contributed by atoms with Crippen molar-refractivity contribution in [2.24, 2.45) is 11.3 Å². The second kappa shape index (κ2) is 9.96. The van der Waals surface area contributed by atoms with Crippen LogP contribution in [-0.4, -0.2) is 26.2 Å². The van der Waals surface area contributed by atoms with Crippen LogP contribution in [0.2, 0.25) is 0 Å². The molecular formula is C27H46N2. The molecule has 0 heterocycles. The van der Waals surface area contributed by atoms with E-state index in [2.05, 4.69) is 63.5 Å². The first-order valence-corrected chi connectivity index (χ1v) is 12.5. The molecule has 2 aliphatic carbocycles. The number of hydrogen-bond acceptors (Lipinski definition) is 2. The maximum Gasteiger partial charge on any atom is 0.00769 e. The summed E-state index contributed by atoms with van der Waals surface area (Å²) in [6.45, 7) is 16.6. The second-order valence-corrected chi connectivity index (χ2v) is 10.7. The van der Waals surface area contributed by atoms with Crippen LogP contribution in [0, 0.1) is 11.3 Å². The first kappa shape index (κ1) is 22.8. The van der Waals surface area contributed by atoms with Crippen LogP contribution in [0.5, 0.6) is 0 Å². The molecule has 0 amide bonds. The highest BCUT2D eigenvalue weighted by Crippen LogP contribution is 2.57. The van der Waals surface area contributed by atoms with E-state index in [1.54, 1.807) is 11.1 Å². The van der Waals surface area contributed by atoms with E-state index in [-0.39, 0.29) is 0 Å². The zero-order chi connectivity index (χ0) is 20.9. The molecule has 0 spiro atoms. The summed E-state index contributed by atoms with van der Waals surface area (Å²) in [6, 6.07) is 7.43. The maximum absolute atomic E-state index is 3.82. The lowest BCUT2D eigenvalue weighted by Gasteiger charge is -2.55. The minimum absolute atomic E-state index is 0.357. The third kappa shape index (κ3) is 5.07. The minimum Gasteiger partial charge on any atom is -0.315 e. The van der Waals surface area contributed by atoms with Gasteiger partial charge in [-0.2, -0.15) is 0 Å². The number of nitrogens with one attached hydrogen (secondary N) is 2. The van der Waals surface area contributed by atoms with Crippen LogP contribution in [0.15, 0.2) is 18.2 Å². The molecule has 0 unspecified atom stereocenters. The number of rotatable bonds is 10. The Morgan fingerprint density at radius 2 is 1.83 bits per heavy atom. The molecule has 1 fully saturated rings. The molecule has 2 aliphatic rings. The summed E-state index contributed by atoms with van der Waals surface area (Å²) in [6.07, 6.45) is 10.7. The van der Waals surface area contributed by atoms with Crippen molar-refractivity contribution in [2.45, 2.75) is 97.3 Å². The predicted molar refractivity (Wildman–Crippen MR) is 127 cm³/mol. The Kier molecular flexibility index (Phi) is 7.84. The van der Waals surface area contributed by atoms with Crippen molar-refractivity contribution in [3.05, 3.63) is 34.9 Å². The van der Waals surface area contributed by atoms with Gasteiger partial charge in [-0.3, -0.25) is 0 Å². The average Bonchev–Trinajstić information content (AvgIpc) is 2.69. The summed E-state index contributed by atoms with van der Waals surface area (Å²) in [5.41, 5.74) is 5.60. The van der Waals surface area contributed by atoms with E-state index in [9.17, 15) is 0 Å². The Morgan fingerprint density at radius 1 is 1.03 bits per heavy atom. The van der Waals surface area contributed by atoms with Crippen LogP contribution >= 0.6 is 0 Å². The molecule has 2 nitrogen and oxygen atoms in total. The molecule has 3 rings (SSSR count). The molecule has 1 aromatic rings. The predicted octanol–water partition coefficient (Wildman–Crippen LogP) is 6.19. The van der Waals surface area contributed by atoms with Gasteiger partial charge in [-0.15, -0.1) is 0 Å². The highest BCUT2D eigenvalue weighted by Gasteiger charge is 2.51. The van der Waals surface area contributed by atoms with Gasteiger partial charge in [0, 0.05) is 19.6 Å². The molecule has 29 heavy (non-hydrogen) atoms. The highest BCUT2D eigenvalue weighted by molar-refractivity contribution is 5.42. The first-order chi connectivity index (χ1) is 13.9. The van der Waals surface area contributed by atoms with Crippen molar-refractivity contribution >= 4 is 0 Å². The van der Waals surface area contributed by atoms with Crippen molar-refractivity contribution in [1.82, 2.24) is 10.6 Å². The molecule has 0 aromatic heterocycles. The standard InChI is InChI=1S/C27H46N2/c1-6-7-8-16-28-17-18-29-20-26(4)14-9-15-27(5)24-12-10-22(21(2)3)19-23(24)11-13-25(26)27/h10,12,19,21,25,28-29H,6-9,11,13-18,20H2,1-5H3/t25-,26-,27+/m0/s1. The maximum atomic E-state index is 3.82. The van der Waals surface area contributed by atoms with Gasteiger partial charge >= 0.3 is 0 Å². The van der Waals surface area contributed by atoms with Crippen LogP contribution in [0.3, 0.4) is 0 Å². The van der Waals surface area contributed by atoms with Crippen LogP contribution in [0.1, 0.15) is 102 Å². The van der Waals surface area contributed by atoms with Gasteiger partial charge in [-0.05, 0) is 78.0 Å². The summed E-state index contributed by atoms with van der Waals surface area (Å²) in [5, 5.41) is 7.42. The van der Waals surface area contributed by atoms with Crippen molar-refractivity contribution in [3.63, 3.8) is 0 Å². The van der Waals surface area contributed by atoms with Gasteiger partial charge in [0.1, 0.15) is 0 Å². The molecule has 0 radical (unpaired) electrons. The average molecular weight is 399 g/mol. The smallest absolute Gasteiger partial charge is 0.00769 e. The SMILES string of the molecule is CCCCCNCCNC[C@]1(C)CCC[C@]2(C)c3ccc(C(C)C)cc3CC[C@@H]12. The van der Waals surface area contributed by atoms with Crippen molar-refractivity contribution in [1.29, 1.82) is 0 Å². The van der Waals surface area contributed by atoms with Gasteiger partial charge in [-0.25, -0.2) is 0 Å². The molecule has 1 saturated carbocycles. The zero-order valence-electron chi connectivity index (χ0n) is 19.9. The molecular weight excluding hydrogens is 352 g/mol. The topological polar surface area (TPSA) is 24.1 Å². The summed E-state index contributed by atoms with van der Waals surface area (Å²) in [5.74, 6) is 1.42. The molecule has 164 valence electrons. The third-order valence-electron chi connectivity index (χ3n) is 8.13. The van der Waals surface area contributed by atoms with Crippen molar-refractivity contribution in [2.75, 3.05) is 26.2 Å². The molecule has 1 aromatic carbocycles. The van der Waals surface area contributed by atoms with Gasteiger partial charge in [0.15, 0.2) is 0 Å². The van der Waals surface area contributed by atoms with Gasteiger partial charge < -0.3 is 10.6 Å². The molecule has 2 heteroatoms. The second-order valence-electron chi connectivity index (χ2n) is 10.7. The van der Waals surface area contributed by atoms with E-state index < -0.39 is 0 Å². The minimum atomic E-state index is 0.357. The quantitative estimate of drug-likeness (QED) is 0.459. The summed E-state index contributed by atoms with van der Waals surface area (Å²) < 4.78 is 0. The van der Waals surface area contributed by atoms with E-state index >= 15 is 0 Å². The lowest BCUT2D eigenvalue weighted by molar-refractivity contribution is 0.0261. The van der Waals surface area contributed by atoms with Gasteiger partial charge in [0.2, 0.25) is 0 Å². The van der Waals surface area contributed by atoms with E-state index in [1.807, 2.05) is 0 Å². The largest absolute Gasteiger partial charge is 0.315 e. The van der Waals surface area contributed by atoms with Gasteiger partial charge in [0.25, 0.3) is 0 Å². The Hall–Kier alpha value is -0.860. The molecule has 0 aliphatic heterocycles. The molecule has 0 saturated heterocycles. The number of hydrogen-bond donors (Lipinski definition) is 2. The summed E-state index contributed by atoms with van der Waals surface area (Å²) in [4.78, 5) is 0. The Morgan fingerprint density at radius 3 is 2.59 bits per heavy atom. The van der Waals surface area contributed by atoms with Gasteiger partial charge in [-0.1, -0.05) is 72.1 Å². The fourth-order valence-corrected chi connectivity index (χ4v) is 6.39. The molecule has 2 N–H and O–H groups in total. The summed E-state index contributed by atoms with van der Waals surface area (Å²) >= 11 is 0. The fraction of sp³-hybridized carbons (Fsp3) is 0.778. The lowest BCUT2D eigenvalue weighted by atomic mass is 9.49. The van der Waals surface area contributed by atoms with Crippen molar-refractivity contribution < 1.29 is 0 Å². The van der Waals surface area contributed by atoms with Crippen LogP contribution in [-0.2, 0) is 11.8 Å². The monoisotopic (exact) mass is 398 g/mol. The lowest BCUT2D eigenvalue weighted by Crippen LogP contribution is -2.53. The van der Waals surface area contributed by atoms with E-state index in [1.165, 1.54) is 70.0 Å². The number of unbranched alkanes of at least 4 members (excludes halogenated alkanes) is 2. The van der Waals surface area contributed by atoms with Crippen LogP contribution in [0.25, 0.3) is 0 Å². The molecule has 3 atom stereocenters. The van der Waals surface area contributed by atoms with E-state index in [4.69, 9.17) is 0 Å². The van der Waals surface area contributed by atoms with E-state index in [0.717, 1.165) is 19.0 Å². The molecule has 0 bridgehead atoms. The van der Waals surface area contributed by atoms with Crippen LogP contribution < -0.4 is 10.6 Å². The first-order valence-electron chi connectivity index (χ1n) is 12.5. The Labute approximate surface area is 180 Å².